The molecule has 25 heavy (non-hydrogen) atoms. The first-order valence-corrected chi connectivity index (χ1v) is 9.15. The van der Waals surface area contributed by atoms with E-state index in [1.807, 2.05) is 37.4 Å². The van der Waals surface area contributed by atoms with Crippen LogP contribution in [-0.4, -0.2) is 10.9 Å². The van der Waals surface area contributed by atoms with Crippen molar-refractivity contribution in [1.29, 1.82) is 0 Å². The van der Waals surface area contributed by atoms with E-state index in [1.165, 1.54) is 28.0 Å². The van der Waals surface area contributed by atoms with E-state index in [0.717, 1.165) is 22.4 Å². The molecule has 3 nitrogen and oxygen atoms in total. The molecule has 1 heterocycles. The number of rotatable bonds is 3. The van der Waals surface area contributed by atoms with Crippen molar-refractivity contribution in [2.75, 3.05) is 5.32 Å². The lowest BCUT2D eigenvalue weighted by Gasteiger charge is -2.09. The maximum absolute atomic E-state index is 12.6. The third-order valence-corrected chi connectivity index (χ3v) is 5.05. The second-order valence-corrected chi connectivity index (χ2v) is 7.44. The van der Waals surface area contributed by atoms with Gasteiger partial charge in [0.2, 0.25) is 0 Å². The van der Waals surface area contributed by atoms with E-state index in [2.05, 4.69) is 43.2 Å². The molecule has 0 bridgehead atoms. The van der Waals surface area contributed by atoms with Crippen molar-refractivity contribution >= 4 is 22.4 Å². The number of anilines is 1. The van der Waals surface area contributed by atoms with Gasteiger partial charge in [-0.15, -0.1) is 11.3 Å². The Kier molecular flexibility index (Phi) is 4.73. The molecule has 1 N–H and O–H groups in total. The van der Waals surface area contributed by atoms with Crippen LogP contribution < -0.4 is 5.32 Å². The van der Waals surface area contributed by atoms with E-state index in [1.54, 1.807) is 0 Å². The van der Waals surface area contributed by atoms with E-state index in [-0.39, 0.29) is 5.91 Å². The highest BCUT2D eigenvalue weighted by molar-refractivity contribution is 7.14. The van der Waals surface area contributed by atoms with Crippen LogP contribution in [0.15, 0.2) is 35.7 Å². The number of nitrogens with zero attached hydrogens (tertiary/aromatic N) is 1. The Balaban J connectivity index is 1.88. The van der Waals surface area contributed by atoms with Gasteiger partial charge in [-0.1, -0.05) is 35.4 Å². The van der Waals surface area contributed by atoms with Gasteiger partial charge in [0.25, 0.3) is 5.91 Å². The van der Waals surface area contributed by atoms with Gasteiger partial charge in [-0.25, -0.2) is 4.98 Å². The monoisotopic (exact) mass is 350 g/mol. The number of benzene rings is 2. The summed E-state index contributed by atoms with van der Waals surface area (Å²) >= 11 is 1.46. The average Bonchev–Trinajstić information content (AvgIpc) is 2.96. The molecule has 0 aliphatic carbocycles. The Morgan fingerprint density at radius 2 is 1.60 bits per heavy atom. The predicted octanol–water partition coefficient (Wildman–Crippen LogP) is 5.60. The number of carbonyl (C=O) groups is 1. The second-order valence-electron chi connectivity index (χ2n) is 6.58. The summed E-state index contributed by atoms with van der Waals surface area (Å²) in [6.45, 7) is 10.2. The zero-order valence-corrected chi connectivity index (χ0v) is 16.0. The Labute approximate surface area is 152 Å². The largest absolute Gasteiger partial charge is 0.298 e. The molecule has 0 aliphatic heterocycles. The van der Waals surface area contributed by atoms with Crippen LogP contribution in [-0.2, 0) is 0 Å². The van der Waals surface area contributed by atoms with Gasteiger partial charge in [0.15, 0.2) is 5.13 Å². The number of hydrogen-bond acceptors (Lipinski definition) is 3. The summed E-state index contributed by atoms with van der Waals surface area (Å²) in [5.41, 5.74) is 8.44. The lowest BCUT2D eigenvalue weighted by atomic mass is 9.98. The minimum absolute atomic E-state index is 0.112. The lowest BCUT2D eigenvalue weighted by Crippen LogP contribution is -2.13. The van der Waals surface area contributed by atoms with Crippen molar-refractivity contribution in [2.24, 2.45) is 0 Å². The molecule has 1 amide bonds. The molecule has 0 saturated heterocycles. The van der Waals surface area contributed by atoms with Crippen LogP contribution in [0.2, 0.25) is 0 Å². The normalized spacial score (nSPS) is 10.8. The molecule has 3 aromatic rings. The summed E-state index contributed by atoms with van der Waals surface area (Å²) < 4.78 is 0. The highest BCUT2D eigenvalue weighted by Crippen LogP contribution is 2.31. The topological polar surface area (TPSA) is 42.0 Å². The molecule has 0 radical (unpaired) electrons. The Bertz CT molecular complexity index is 933. The zero-order valence-electron chi connectivity index (χ0n) is 15.2. The number of nitrogens with one attached hydrogen (secondary N) is 1. The first-order valence-electron chi connectivity index (χ1n) is 8.27. The molecule has 0 aliphatic rings. The average molecular weight is 350 g/mol. The van der Waals surface area contributed by atoms with Crippen molar-refractivity contribution in [3.05, 3.63) is 69.1 Å². The van der Waals surface area contributed by atoms with Gasteiger partial charge < -0.3 is 0 Å². The third-order valence-electron chi connectivity index (χ3n) is 4.30. The lowest BCUT2D eigenvalue weighted by molar-refractivity contribution is 0.102. The van der Waals surface area contributed by atoms with E-state index in [0.29, 0.717) is 10.7 Å². The van der Waals surface area contributed by atoms with Gasteiger partial charge in [-0.3, -0.25) is 10.1 Å². The number of aryl methyl sites for hydroxylation is 5. The molecule has 0 fully saturated rings. The minimum Gasteiger partial charge on any atom is -0.298 e. The predicted molar refractivity (Wildman–Crippen MR) is 106 cm³/mol. The Hall–Kier alpha value is -2.46. The zero-order chi connectivity index (χ0) is 18.1. The molecule has 128 valence electrons. The van der Waals surface area contributed by atoms with Gasteiger partial charge in [-0.2, -0.15) is 0 Å². The number of hydrogen-bond donors (Lipinski definition) is 1. The van der Waals surface area contributed by atoms with Crippen LogP contribution in [0.3, 0.4) is 0 Å². The van der Waals surface area contributed by atoms with Gasteiger partial charge >= 0.3 is 0 Å². The van der Waals surface area contributed by atoms with E-state index < -0.39 is 0 Å². The molecule has 3 rings (SSSR count). The Morgan fingerprint density at radius 1 is 0.920 bits per heavy atom. The van der Waals surface area contributed by atoms with Crippen molar-refractivity contribution in [1.82, 2.24) is 4.98 Å². The molecule has 0 atom stereocenters. The van der Waals surface area contributed by atoms with Crippen LogP contribution in [0.4, 0.5) is 5.13 Å². The van der Waals surface area contributed by atoms with Gasteiger partial charge in [0, 0.05) is 16.5 Å². The van der Waals surface area contributed by atoms with Crippen LogP contribution in [0.25, 0.3) is 11.3 Å². The number of carbonyl (C=O) groups excluding carboxylic acids is 1. The van der Waals surface area contributed by atoms with Gasteiger partial charge in [-0.05, 0) is 57.4 Å². The molecule has 0 saturated carbocycles. The second kappa shape index (κ2) is 6.81. The maximum atomic E-state index is 12.6. The number of aromatic nitrogens is 1. The highest BCUT2D eigenvalue weighted by atomic mass is 32.1. The SMILES string of the molecule is Cc1cc(C)c(-c2csc(NC(=O)c3cc(C)ccc3C)n2)c(C)c1. The maximum Gasteiger partial charge on any atom is 0.257 e. The van der Waals surface area contributed by atoms with E-state index in [9.17, 15) is 4.79 Å². The first-order chi connectivity index (χ1) is 11.8. The number of amides is 1. The summed E-state index contributed by atoms with van der Waals surface area (Å²) in [6, 6.07) is 10.2. The first kappa shape index (κ1) is 17.4. The fourth-order valence-electron chi connectivity index (χ4n) is 3.17. The van der Waals surface area contributed by atoms with Crippen LogP contribution in [0.1, 0.15) is 38.2 Å². The third kappa shape index (κ3) is 3.64. The standard InChI is InChI=1S/C21H22N2OS/c1-12-6-7-14(3)17(10-12)20(24)23-21-22-18(11-25-21)19-15(4)8-13(2)9-16(19)5/h6-11H,1-5H3,(H,22,23,24). The summed E-state index contributed by atoms with van der Waals surface area (Å²) in [5, 5.41) is 5.56. The van der Waals surface area contributed by atoms with E-state index in [4.69, 9.17) is 0 Å². The van der Waals surface area contributed by atoms with Gasteiger partial charge in [0.1, 0.15) is 0 Å². The van der Waals surface area contributed by atoms with E-state index >= 15 is 0 Å². The fourth-order valence-corrected chi connectivity index (χ4v) is 3.87. The highest BCUT2D eigenvalue weighted by Gasteiger charge is 2.14. The van der Waals surface area contributed by atoms with Crippen LogP contribution in [0.5, 0.6) is 0 Å². The van der Waals surface area contributed by atoms with Crippen LogP contribution in [0, 0.1) is 34.6 Å². The smallest absolute Gasteiger partial charge is 0.257 e. The van der Waals surface area contributed by atoms with Crippen molar-refractivity contribution in [3.63, 3.8) is 0 Å². The van der Waals surface area contributed by atoms with Crippen molar-refractivity contribution in [3.8, 4) is 11.3 Å². The summed E-state index contributed by atoms with van der Waals surface area (Å²) in [6.07, 6.45) is 0. The summed E-state index contributed by atoms with van der Waals surface area (Å²) in [7, 11) is 0. The minimum atomic E-state index is -0.112. The molecule has 2 aromatic carbocycles. The molecular weight excluding hydrogens is 328 g/mol. The van der Waals surface area contributed by atoms with Crippen LogP contribution >= 0.6 is 11.3 Å². The molecule has 0 unspecified atom stereocenters. The van der Waals surface area contributed by atoms with Crippen molar-refractivity contribution < 1.29 is 4.79 Å². The molecule has 1 aromatic heterocycles. The summed E-state index contributed by atoms with van der Waals surface area (Å²) in [5.74, 6) is -0.112. The van der Waals surface area contributed by atoms with Crippen molar-refractivity contribution in [2.45, 2.75) is 34.6 Å². The quantitative estimate of drug-likeness (QED) is 0.667. The fraction of sp³-hybridized carbons (Fsp3) is 0.238. The van der Waals surface area contributed by atoms with Gasteiger partial charge in [0.05, 0.1) is 5.69 Å². The number of thiazole rings is 1. The molecule has 4 heteroatoms. The molecular formula is C21H22N2OS. The Morgan fingerprint density at radius 3 is 2.28 bits per heavy atom. The molecule has 0 spiro atoms. The summed E-state index contributed by atoms with van der Waals surface area (Å²) in [4.78, 5) is 17.2.